The van der Waals surface area contributed by atoms with Crippen molar-refractivity contribution < 1.29 is 14.7 Å². The first-order valence-corrected chi connectivity index (χ1v) is 9.70. The molecule has 2 atom stereocenters. The summed E-state index contributed by atoms with van der Waals surface area (Å²) in [5.74, 6) is -1.44. The first-order valence-electron chi connectivity index (χ1n) is 9.70. The van der Waals surface area contributed by atoms with E-state index in [1.54, 1.807) is 41.7 Å². The molecule has 1 saturated heterocycles. The number of nitrogens with zero attached hydrogens (tertiary/aromatic N) is 3. The minimum atomic E-state index is -0.634. The summed E-state index contributed by atoms with van der Waals surface area (Å²) in [6.07, 6.45) is 6.05. The summed E-state index contributed by atoms with van der Waals surface area (Å²) in [4.78, 5) is 31.6. The summed E-state index contributed by atoms with van der Waals surface area (Å²) in [5.41, 5.74) is 2.70. The van der Waals surface area contributed by atoms with Gasteiger partial charge in [0.2, 0.25) is 5.78 Å². The fourth-order valence-corrected chi connectivity index (χ4v) is 4.00. The molecule has 2 unspecified atom stereocenters. The average Bonchev–Trinajstić information content (AvgIpc) is 3.31. The summed E-state index contributed by atoms with van der Waals surface area (Å²) in [6, 6.07) is 14.2. The van der Waals surface area contributed by atoms with E-state index in [-0.39, 0.29) is 11.8 Å². The number of carbonyl (C=O) groups excluding carboxylic acids is 2. The van der Waals surface area contributed by atoms with Gasteiger partial charge in [-0.2, -0.15) is 0 Å². The molecule has 29 heavy (non-hydrogen) atoms. The number of carbonyl (C=O) groups is 2. The molecule has 0 aliphatic carbocycles. The smallest absolute Gasteiger partial charge is 0.291 e. The number of Topliss-reactive ketones (excluding diaryl/α,β-unsaturated/α-hetero) is 1. The van der Waals surface area contributed by atoms with Gasteiger partial charge in [0.1, 0.15) is 5.75 Å². The second kappa shape index (κ2) is 7.91. The van der Waals surface area contributed by atoms with E-state index in [1.165, 1.54) is 0 Å². The lowest BCUT2D eigenvalue weighted by molar-refractivity contribution is -0.140. The van der Waals surface area contributed by atoms with Crippen molar-refractivity contribution in [3.8, 4) is 5.75 Å². The van der Waals surface area contributed by atoms with Crippen LogP contribution in [0.15, 0.2) is 67.3 Å². The number of ketones is 1. The molecule has 0 radical (unpaired) electrons. The van der Waals surface area contributed by atoms with E-state index in [1.807, 2.05) is 42.0 Å². The monoisotopic (exact) mass is 389 g/mol. The predicted molar refractivity (Wildman–Crippen MR) is 108 cm³/mol. The van der Waals surface area contributed by atoms with Gasteiger partial charge in [0, 0.05) is 25.5 Å². The van der Waals surface area contributed by atoms with E-state index in [4.69, 9.17) is 0 Å². The zero-order chi connectivity index (χ0) is 20.4. The summed E-state index contributed by atoms with van der Waals surface area (Å²) >= 11 is 0. The normalized spacial score (nSPS) is 19.1. The number of benzene rings is 2. The number of amides is 1. The number of aromatic nitrogens is 2. The van der Waals surface area contributed by atoms with Crippen LogP contribution in [-0.4, -0.2) is 37.8 Å². The Balaban J connectivity index is 1.67. The van der Waals surface area contributed by atoms with Gasteiger partial charge >= 0.3 is 0 Å². The molecule has 148 valence electrons. The zero-order valence-electron chi connectivity index (χ0n) is 16.2. The van der Waals surface area contributed by atoms with Crippen molar-refractivity contribution in [2.75, 3.05) is 6.54 Å². The van der Waals surface area contributed by atoms with Gasteiger partial charge in [-0.25, -0.2) is 4.98 Å². The van der Waals surface area contributed by atoms with E-state index in [9.17, 15) is 14.7 Å². The Labute approximate surface area is 169 Å². The van der Waals surface area contributed by atoms with Crippen LogP contribution in [0, 0.1) is 6.92 Å². The Kier molecular flexibility index (Phi) is 5.16. The molecule has 2 aromatic carbocycles. The first kappa shape index (κ1) is 18.9. The molecule has 6 heteroatoms. The number of hydrogen-bond acceptors (Lipinski definition) is 4. The van der Waals surface area contributed by atoms with Crippen LogP contribution in [0.25, 0.3) is 0 Å². The van der Waals surface area contributed by atoms with Gasteiger partial charge in [-0.05, 0) is 36.6 Å². The van der Waals surface area contributed by atoms with Gasteiger partial charge in [-0.15, -0.1) is 0 Å². The van der Waals surface area contributed by atoms with E-state index >= 15 is 0 Å². The molecule has 1 aromatic heterocycles. The van der Waals surface area contributed by atoms with E-state index in [0.717, 1.165) is 17.7 Å². The maximum Gasteiger partial charge on any atom is 0.291 e. The molecule has 4 rings (SSSR count). The third-order valence-corrected chi connectivity index (χ3v) is 5.43. The van der Waals surface area contributed by atoms with Crippen LogP contribution in [0.5, 0.6) is 5.75 Å². The van der Waals surface area contributed by atoms with Crippen molar-refractivity contribution in [2.24, 2.45) is 0 Å². The van der Waals surface area contributed by atoms with Crippen molar-refractivity contribution in [3.63, 3.8) is 0 Å². The SMILES string of the molecule is Cc1ccc(C2C(c3cccc(O)c3)C(=O)C(=O)N2CCCn2ccnc2)cc1. The molecule has 0 spiro atoms. The second-order valence-corrected chi connectivity index (χ2v) is 7.45. The Morgan fingerprint density at radius 1 is 1.03 bits per heavy atom. The molecule has 1 N–H and O–H groups in total. The lowest BCUT2D eigenvalue weighted by atomic mass is 9.86. The van der Waals surface area contributed by atoms with E-state index in [0.29, 0.717) is 18.5 Å². The van der Waals surface area contributed by atoms with Crippen LogP contribution in [0.3, 0.4) is 0 Å². The summed E-state index contributed by atoms with van der Waals surface area (Å²) in [6.45, 7) is 3.19. The van der Waals surface area contributed by atoms with Crippen LogP contribution in [0.1, 0.15) is 35.1 Å². The Morgan fingerprint density at radius 2 is 1.83 bits per heavy atom. The lowest BCUT2D eigenvalue weighted by Gasteiger charge is -2.28. The number of phenolic OH excluding ortho intramolecular Hbond substituents is 1. The van der Waals surface area contributed by atoms with Crippen molar-refractivity contribution in [1.82, 2.24) is 14.5 Å². The Hall–Kier alpha value is -3.41. The predicted octanol–water partition coefficient (Wildman–Crippen LogP) is 3.22. The third-order valence-electron chi connectivity index (χ3n) is 5.43. The van der Waals surface area contributed by atoms with E-state index in [2.05, 4.69) is 4.98 Å². The third kappa shape index (κ3) is 3.78. The minimum Gasteiger partial charge on any atom is -0.508 e. The van der Waals surface area contributed by atoms with Gasteiger partial charge in [0.05, 0.1) is 18.3 Å². The highest BCUT2D eigenvalue weighted by atomic mass is 16.3. The Bertz CT molecular complexity index is 1010. The van der Waals surface area contributed by atoms with Gasteiger partial charge < -0.3 is 14.6 Å². The molecular weight excluding hydrogens is 366 g/mol. The molecule has 1 amide bonds. The van der Waals surface area contributed by atoms with Crippen molar-refractivity contribution in [2.45, 2.75) is 31.8 Å². The Morgan fingerprint density at radius 3 is 2.52 bits per heavy atom. The molecular formula is C23H23N3O3. The maximum absolute atomic E-state index is 13.0. The first-order chi connectivity index (χ1) is 14.0. The number of aryl methyl sites for hydroxylation is 2. The molecule has 1 aliphatic rings. The average molecular weight is 389 g/mol. The van der Waals surface area contributed by atoms with Gasteiger partial charge in [0.15, 0.2) is 0 Å². The van der Waals surface area contributed by atoms with Crippen molar-refractivity contribution >= 4 is 11.7 Å². The van der Waals surface area contributed by atoms with E-state index < -0.39 is 17.6 Å². The summed E-state index contributed by atoms with van der Waals surface area (Å²) < 4.78 is 1.95. The fraction of sp³-hybridized carbons (Fsp3) is 0.261. The number of hydrogen-bond donors (Lipinski definition) is 1. The highest BCUT2D eigenvalue weighted by Gasteiger charge is 2.48. The number of aromatic hydroxyl groups is 1. The van der Waals surface area contributed by atoms with Gasteiger partial charge in [0.25, 0.3) is 5.91 Å². The van der Waals surface area contributed by atoms with Crippen LogP contribution in [-0.2, 0) is 16.1 Å². The van der Waals surface area contributed by atoms with Gasteiger partial charge in [-0.1, -0.05) is 42.0 Å². The van der Waals surface area contributed by atoms with Crippen LogP contribution in [0.4, 0.5) is 0 Å². The number of likely N-dealkylation sites (tertiary alicyclic amines) is 1. The molecule has 0 saturated carbocycles. The zero-order valence-corrected chi connectivity index (χ0v) is 16.2. The number of imidazole rings is 1. The fourth-order valence-electron chi connectivity index (χ4n) is 4.00. The highest BCUT2D eigenvalue weighted by molar-refractivity contribution is 6.40. The second-order valence-electron chi connectivity index (χ2n) is 7.45. The van der Waals surface area contributed by atoms with Crippen molar-refractivity contribution in [3.05, 3.63) is 83.9 Å². The number of rotatable bonds is 6. The summed E-state index contributed by atoms with van der Waals surface area (Å²) in [5, 5.41) is 9.91. The lowest BCUT2D eigenvalue weighted by Crippen LogP contribution is -2.31. The van der Waals surface area contributed by atoms with Crippen molar-refractivity contribution in [1.29, 1.82) is 0 Å². The molecule has 2 heterocycles. The number of phenols is 1. The summed E-state index contributed by atoms with van der Waals surface area (Å²) in [7, 11) is 0. The quantitative estimate of drug-likeness (QED) is 0.657. The standard InChI is InChI=1S/C23H23N3O3/c1-16-6-8-17(9-7-16)21-20(18-4-2-5-19(27)14-18)22(28)23(29)26(21)12-3-11-25-13-10-24-15-25/h2,4-10,13-15,20-21,27H,3,11-12H2,1H3. The van der Waals surface area contributed by atoms with Crippen LogP contribution >= 0.6 is 0 Å². The minimum absolute atomic E-state index is 0.0870. The maximum atomic E-state index is 13.0. The molecule has 3 aromatic rings. The molecule has 1 fully saturated rings. The van der Waals surface area contributed by atoms with Crippen LogP contribution in [0.2, 0.25) is 0 Å². The van der Waals surface area contributed by atoms with Crippen LogP contribution < -0.4 is 0 Å². The molecule has 1 aliphatic heterocycles. The molecule has 6 nitrogen and oxygen atoms in total. The van der Waals surface area contributed by atoms with Gasteiger partial charge in [-0.3, -0.25) is 9.59 Å². The topological polar surface area (TPSA) is 75.4 Å². The largest absolute Gasteiger partial charge is 0.508 e. The highest BCUT2D eigenvalue weighted by Crippen LogP contribution is 2.43. The molecule has 0 bridgehead atoms.